The summed E-state index contributed by atoms with van der Waals surface area (Å²) >= 11 is 0. The Morgan fingerprint density at radius 2 is 1.86 bits per heavy atom. The average Bonchev–Trinajstić information content (AvgIpc) is 2.49. The summed E-state index contributed by atoms with van der Waals surface area (Å²) in [5.74, 6) is 0.912. The molecule has 118 valence electrons. The largest absolute Gasteiger partial charge is 0.496 e. The molecular weight excluding hydrogens is 264 g/mol. The van der Waals surface area contributed by atoms with E-state index in [2.05, 4.69) is 22.8 Å². The third-order valence-corrected chi connectivity index (χ3v) is 4.19. The molecule has 4 heteroatoms. The lowest BCUT2D eigenvalue weighted by atomic mass is 10.1. The fourth-order valence-corrected chi connectivity index (χ4v) is 2.91. The fourth-order valence-electron chi connectivity index (χ4n) is 2.91. The highest BCUT2D eigenvalue weighted by molar-refractivity contribution is 5.38. The van der Waals surface area contributed by atoms with Crippen molar-refractivity contribution in [1.29, 1.82) is 0 Å². The monoisotopic (exact) mass is 292 g/mol. The van der Waals surface area contributed by atoms with E-state index in [0.29, 0.717) is 0 Å². The van der Waals surface area contributed by atoms with Crippen LogP contribution in [-0.4, -0.2) is 54.7 Å². The van der Waals surface area contributed by atoms with Gasteiger partial charge in [-0.15, -0.1) is 0 Å². The van der Waals surface area contributed by atoms with Gasteiger partial charge in [-0.1, -0.05) is 13.0 Å². The molecule has 2 rings (SSSR count). The average molecular weight is 292 g/mol. The van der Waals surface area contributed by atoms with E-state index < -0.39 is 6.10 Å². The van der Waals surface area contributed by atoms with E-state index in [1.165, 1.54) is 18.5 Å². The number of piperazine rings is 1. The highest BCUT2D eigenvalue weighted by Gasteiger charge is 2.18. The molecule has 1 heterocycles. The Hall–Kier alpha value is -1.10. The molecule has 0 saturated carbocycles. The predicted molar refractivity (Wildman–Crippen MR) is 85.6 cm³/mol. The van der Waals surface area contributed by atoms with Gasteiger partial charge < -0.3 is 14.7 Å². The lowest BCUT2D eigenvalue weighted by molar-refractivity contribution is 0.126. The molecule has 1 fully saturated rings. The fraction of sp³-hybridized carbons (Fsp3) is 0.647. The summed E-state index contributed by atoms with van der Waals surface area (Å²) in [7, 11) is 1.71. The maximum absolute atomic E-state index is 9.75. The Morgan fingerprint density at radius 3 is 2.43 bits per heavy atom. The highest BCUT2D eigenvalue weighted by atomic mass is 16.5. The minimum absolute atomic E-state index is 0.434. The molecule has 0 aromatic heterocycles. The second-order valence-corrected chi connectivity index (χ2v) is 5.87. The van der Waals surface area contributed by atoms with Crippen LogP contribution in [0.25, 0.3) is 0 Å². The molecule has 1 aliphatic rings. The zero-order chi connectivity index (χ0) is 15.2. The zero-order valence-corrected chi connectivity index (χ0v) is 13.5. The van der Waals surface area contributed by atoms with E-state index in [4.69, 9.17) is 4.74 Å². The second kappa shape index (κ2) is 7.78. The number of methoxy groups -OCH3 is 1. The summed E-state index contributed by atoms with van der Waals surface area (Å²) in [6, 6.07) is 5.97. The first kappa shape index (κ1) is 16.3. The normalized spacial score (nSPS) is 18.7. The molecule has 1 aromatic rings. The Balaban J connectivity index is 2.00. The molecule has 0 radical (unpaired) electrons. The Kier molecular flexibility index (Phi) is 6.03. The Labute approximate surface area is 128 Å². The SMILES string of the molecule is CCCN1CCN(Cc2cc(C(C)O)ccc2OC)CC1. The molecule has 0 bridgehead atoms. The maximum atomic E-state index is 9.75. The Morgan fingerprint density at radius 1 is 1.19 bits per heavy atom. The number of nitrogens with zero attached hydrogens (tertiary/aromatic N) is 2. The van der Waals surface area contributed by atoms with Gasteiger partial charge in [0.2, 0.25) is 0 Å². The van der Waals surface area contributed by atoms with E-state index in [-0.39, 0.29) is 0 Å². The number of hydrogen-bond donors (Lipinski definition) is 1. The summed E-state index contributed by atoms with van der Waals surface area (Å²) in [4.78, 5) is 5.00. The molecule has 0 aliphatic carbocycles. The minimum atomic E-state index is -0.434. The summed E-state index contributed by atoms with van der Waals surface area (Å²) in [5, 5.41) is 9.75. The quantitative estimate of drug-likeness (QED) is 0.872. The van der Waals surface area contributed by atoms with Crippen LogP contribution in [0.3, 0.4) is 0 Å². The number of ether oxygens (including phenoxy) is 1. The predicted octanol–water partition coefficient (Wildman–Crippen LogP) is 2.28. The van der Waals surface area contributed by atoms with Crippen LogP contribution >= 0.6 is 0 Å². The van der Waals surface area contributed by atoms with Crippen molar-refractivity contribution in [3.63, 3.8) is 0 Å². The topological polar surface area (TPSA) is 35.9 Å². The van der Waals surface area contributed by atoms with Gasteiger partial charge in [-0.3, -0.25) is 4.90 Å². The zero-order valence-electron chi connectivity index (χ0n) is 13.5. The van der Waals surface area contributed by atoms with Crippen LogP contribution < -0.4 is 4.74 Å². The van der Waals surface area contributed by atoms with Crippen molar-refractivity contribution in [1.82, 2.24) is 9.80 Å². The van der Waals surface area contributed by atoms with Crippen LogP contribution in [0, 0.1) is 0 Å². The molecule has 1 unspecified atom stereocenters. The molecular formula is C17H28N2O2. The van der Waals surface area contributed by atoms with E-state index >= 15 is 0 Å². The summed E-state index contributed by atoms with van der Waals surface area (Å²) < 4.78 is 5.46. The van der Waals surface area contributed by atoms with Crippen molar-refractivity contribution in [2.24, 2.45) is 0 Å². The lowest BCUT2D eigenvalue weighted by Gasteiger charge is -2.34. The van der Waals surface area contributed by atoms with Crippen molar-refractivity contribution < 1.29 is 9.84 Å². The van der Waals surface area contributed by atoms with E-state index in [1.807, 2.05) is 12.1 Å². The molecule has 1 N–H and O–H groups in total. The van der Waals surface area contributed by atoms with Gasteiger partial charge in [0.05, 0.1) is 13.2 Å². The van der Waals surface area contributed by atoms with Gasteiger partial charge in [0, 0.05) is 38.3 Å². The third-order valence-electron chi connectivity index (χ3n) is 4.19. The first-order valence-corrected chi connectivity index (χ1v) is 7.93. The lowest BCUT2D eigenvalue weighted by Crippen LogP contribution is -2.46. The van der Waals surface area contributed by atoms with Crippen molar-refractivity contribution in [2.45, 2.75) is 32.9 Å². The van der Waals surface area contributed by atoms with Crippen LogP contribution in [0.5, 0.6) is 5.75 Å². The third kappa shape index (κ3) is 4.43. The standard InChI is InChI=1S/C17H28N2O2/c1-4-7-18-8-10-19(11-9-18)13-16-12-15(14(2)20)5-6-17(16)21-3/h5-6,12,14,20H,4,7-11,13H2,1-3H3. The number of rotatable bonds is 6. The van der Waals surface area contributed by atoms with Gasteiger partial charge in [-0.05, 0) is 37.6 Å². The van der Waals surface area contributed by atoms with Crippen molar-refractivity contribution in [2.75, 3.05) is 39.8 Å². The van der Waals surface area contributed by atoms with Crippen LogP contribution in [-0.2, 0) is 6.54 Å². The molecule has 1 aromatic carbocycles. The van der Waals surface area contributed by atoms with Gasteiger partial charge in [0.1, 0.15) is 5.75 Å². The van der Waals surface area contributed by atoms with Crippen molar-refractivity contribution in [3.05, 3.63) is 29.3 Å². The van der Waals surface area contributed by atoms with Crippen LogP contribution in [0.1, 0.15) is 37.5 Å². The van der Waals surface area contributed by atoms with Crippen molar-refractivity contribution in [3.8, 4) is 5.75 Å². The number of benzene rings is 1. The van der Waals surface area contributed by atoms with Gasteiger partial charge in [0.15, 0.2) is 0 Å². The summed E-state index contributed by atoms with van der Waals surface area (Å²) in [6.45, 7) is 10.6. The smallest absolute Gasteiger partial charge is 0.123 e. The first-order valence-electron chi connectivity index (χ1n) is 7.93. The van der Waals surface area contributed by atoms with Crippen LogP contribution in [0.4, 0.5) is 0 Å². The molecule has 1 atom stereocenters. The highest BCUT2D eigenvalue weighted by Crippen LogP contribution is 2.25. The Bertz CT molecular complexity index is 440. The van der Waals surface area contributed by atoms with E-state index in [9.17, 15) is 5.11 Å². The maximum Gasteiger partial charge on any atom is 0.123 e. The molecule has 0 spiro atoms. The first-order chi connectivity index (χ1) is 10.1. The number of aliphatic hydroxyl groups excluding tert-OH is 1. The molecule has 1 aliphatic heterocycles. The molecule has 4 nitrogen and oxygen atoms in total. The van der Waals surface area contributed by atoms with E-state index in [1.54, 1.807) is 14.0 Å². The van der Waals surface area contributed by atoms with Gasteiger partial charge in [-0.25, -0.2) is 0 Å². The van der Waals surface area contributed by atoms with Gasteiger partial charge >= 0.3 is 0 Å². The molecule has 21 heavy (non-hydrogen) atoms. The van der Waals surface area contributed by atoms with Crippen LogP contribution in [0.2, 0.25) is 0 Å². The number of aliphatic hydroxyl groups is 1. The summed E-state index contributed by atoms with van der Waals surface area (Å²) in [6.07, 6.45) is 0.792. The van der Waals surface area contributed by atoms with E-state index in [0.717, 1.165) is 44.0 Å². The van der Waals surface area contributed by atoms with Gasteiger partial charge in [-0.2, -0.15) is 0 Å². The molecule has 0 amide bonds. The summed E-state index contributed by atoms with van der Waals surface area (Å²) in [5.41, 5.74) is 2.12. The van der Waals surface area contributed by atoms with Crippen LogP contribution in [0.15, 0.2) is 18.2 Å². The van der Waals surface area contributed by atoms with Crippen molar-refractivity contribution >= 4 is 0 Å². The molecule has 1 saturated heterocycles. The van der Waals surface area contributed by atoms with Gasteiger partial charge in [0.25, 0.3) is 0 Å². The second-order valence-electron chi connectivity index (χ2n) is 5.87. The number of hydrogen-bond acceptors (Lipinski definition) is 4. The minimum Gasteiger partial charge on any atom is -0.496 e.